The summed E-state index contributed by atoms with van der Waals surface area (Å²) in [6.07, 6.45) is 0. The zero-order valence-corrected chi connectivity index (χ0v) is 15.9. The van der Waals surface area contributed by atoms with Crippen LogP contribution in [0.3, 0.4) is 0 Å². The number of rotatable bonds is 4. The van der Waals surface area contributed by atoms with Crippen molar-refractivity contribution in [3.63, 3.8) is 0 Å². The number of sulfone groups is 1. The van der Waals surface area contributed by atoms with Gasteiger partial charge >= 0.3 is 0 Å². The molecule has 0 aliphatic heterocycles. The van der Waals surface area contributed by atoms with Crippen LogP contribution in [0.2, 0.25) is 5.15 Å². The van der Waals surface area contributed by atoms with E-state index in [-0.39, 0.29) is 27.2 Å². The largest absolute Gasteiger partial charge is 0.234 e. The second-order valence-electron chi connectivity index (χ2n) is 5.77. The third-order valence-corrected chi connectivity index (χ3v) is 6.16. The van der Waals surface area contributed by atoms with Crippen LogP contribution in [-0.4, -0.2) is 19.2 Å². The van der Waals surface area contributed by atoms with Gasteiger partial charge in [-0.15, -0.1) is 0 Å². The summed E-state index contributed by atoms with van der Waals surface area (Å²) in [6.45, 7) is 1.58. The molecule has 0 bridgehead atoms. The van der Waals surface area contributed by atoms with Crippen molar-refractivity contribution in [3.8, 4) is 28.5 Å². The molecule has 0 saturated carbocycles. The van der Waals surface area contributed by atoms with E-state index in [1.54, 1.807) is 37.3 Å². The second-order valence-corrected chi connectivity index (χ2v) is 8.41. The van der Waals surface area contributed by atoms with Crippen molar-refractivity contribution in [2.24, 2.45) is 0 Å². The molecule has 3 aromatic rings. The van der Waals surface area contributed by atoms with Gasteiger partial charge in [0.2, 0.25) is 0 Å². The molecule has 0 amide bonds. The van der Waals surface area contributed by atoms with Gasteiger partial charge in [0.25, 0.3) is 0 Å². The molecule has 0 spiro atoms. The lowest BCUT2D eigenvalue weighted by atomic mass is 9.98. The Morgan fingerprint density at radius 3 is 2.22 bits per heavy atom. The van der Waals surface area contributed by atoms with Gasteiger partial charge < -0.3 is 0 Å². The molecule has 27 heavy (non-hydrogen) atoms. The fourth-order valence-corrected chi connectivity index (χ4v) is 3.69. The number of nitriles is 1. The van der Waals surface area contributed by atoms with Gasteiger partial charge in [0.05, 0.1) is 21.9 Å². The predicted octanol–water partition coefficient (Wildman–Crippen LogP) is 4.87. The SMILES string of the molecule is CCS(=O)(=O)c1ccc(-c2cc(C#N)c(Cl)nc2-c2ccc(F)cc2)cc1. The Balaban J connectivity index is 2.19. The molecular formula is C20H14ClFN2O2S. The minimum absolute atomic E-state index is 0.00819. The van der Waals surface area contributed by atoms with E-state index >= 15 is 0 Å². The Kier molecular flexibility index (Phi) is 5.26. The molecule has 1 heterocycles. The van der Waals surface area contributed by atoms with Gasteiger partial charge in [-0.05, 0) is 48.0 Å². The molecule has 0 fully saturated rings. The summed E-state index contributed by atoms with van der Waals surface area (Å²) in [6, 6.07) is 15.7. The summed E-state index contributed by atoms with van der Waals surface area (Å²) in [4.78, 5) is 4.53. The molecule has 0 unspecified atom stereocenters. The number of hydrogen-bond donors (Lipinski definition) is 0. The van der Waals surface area contributed by atoms with E-state index in [0.717, 1.165) is 0 Å². The first kappa shape index (κ1) is 19.0. The van der Waals surface area contributed by atoms with Crippen LogP contribution in [0.25, 0.3) is 22.4 Å². The highest BCUT2D eigenvalue weighted by molar-refractivity contribution is 7.91. The Hall–Kier alpha value is -2.75. The average Bonchev–Trinajstić information content (AvgIpc) is 2.68. The average molecular weight is 401 g/mol. The predicted molar refractivity (Wildman–Crippen MR) is 103 cm³/mol. The standard InChI is InChI=1S/C20H14ClFN2O2S/c1-2-27(25,26)17-9-5-13(6-10-17)18-11-15(12-23)20(21)24-19(18)14-3-7-16(22)8-4-14/h3-11H,2H2,1H3. The van der Waals surface area contributed by atoms with Gasteiger partial charge in [0.15, 0.2) is 9.84 Å². The molecule has 0 atom stereocenters. The Labute approximate surface area is 161 Å². The van der Waals surface area contributed by atoms with Crippen LogP contribution in [-0.2, 0) is 9.84 Å². The Morgan fingerprint density at radius 1 is 1.07 bits per heavy atom. The normalized spacial score (nSPS) is 11.2. The molecule has 2 aromatic carbocycles. The smallest absolute Gasteiger partial charge is 0.178 e. The number of pyridine rings is 1. The maximum absolute atomic E-state index is 13.3. The van der Waals surface area contributed by atoms with Crippen LogP contribution in [0.4, 0.5) is 4.39 Å². The lowest BCUT2D eigenvalue weighted by Crippen LogP contribution is -2.03. The van der Waals surface area contributed by atoms with Gasteiger partial charge in [0, 0.05) is 11.1 Å². The molecule has 0 radical (unpaired) electrons. The summed E-state index contributed by atoms with van der Waals surface area (Å²) in [5.74, 6) is -0.372. The summed E-state index contributed by atoms with van der Waals surface area (Å²) in [7, 11) is -3.31. The van der Waals surface area contributed by atoms with Gasteiger partial charge in [0.1, 0.15) is 17.0 Å². The van der Waals surface area contributed by atoms with Crippen LogP contribution >= 0.6 is 11.6 Å². The van der Waals surface area contributed by atoms with E-state index in [0.29, 0.717) is 22.4 Å². The number of nitrogens with zero attached hydrogens (tertiary/aromatic N) is 2. The first-order valence-corrected chi connectivity index (χ1v) is 10.1. The number of aromatic nitrogens is 1. The van der Waals surface area contributed by atoms with Crippen molar-refractivity contribution in [3.05, 3.63) is 71.1 Å². The zero-order valence-electron chi connectivity index (χ0n) is 14.3. The van der Waals surface area contributed by atoms with Crippen molar-refractivity contribution < 1.29 is 12.8 Å². The van der Waals surface area contributed by atoms with Gasteiger partial charge in [-0.1, -0.05) is 30.7 Å². The van der Waals surface area contributed by atoms with E-state index in [4.69, 9.17) is 11.6 Å². The topological polar surface area (TPSA) is 70.8 Å². The number of halogens is 2. The van der Waals surface area contributed by atoms with E-state index < -0.39 is 9.84 Å². The third kappa shape index (κ3) is 3.85. The maximum atomic E-state index is 13.3. The first-order valence-electron chi connectivity index (χ1n) is 8.05. The van der Waals surface area contributed by atoms with E-state index in [9.17, 15) is 18.1 Å². The molecule has 0 N–H and O–H groups in total. The Bertz CT molecular complexity index is 1140. The van der Waals surface area contributed by atoms with Gasteiger partial charge in [-0.3, -0.25) is 0 Å². The summed E-state index contributed by atoms with van der Waals surface area (Å²) in [5, 5.41) is 9.31. The molecule has 4 nitrogen and oxygen atoms in total. The molecule has 0 aliphatic carbocycles. The first-order chi connectivity index (χ1) is 12.9. The monoisotopic (exact) mass is 400 g/mol. The Morgan fingerprint density at radius 2 is 1.67 bits per heavy atom. The molecular weight excluding hydrogens is 387 g/mol. The molecule has 3 rings (SSSR count). The van der Waals surface area contributed by atoms with Gasteiger partial charge in [-0.2, -0.15) is 5.26 Å². The minimum Gasteiger partial charge on any atom is -0.234 e. The number of benzene rings is 2. The van der Waals surface area contributed by atoms with Crippen LogP contribution in [0.5, 0.6) is 0 Å². The zero-order chi connectivity index (χ0) is 19.6. The molecule has 1 aromatic heterocycles. The van der Waals surface area contributed by atoms with Crippen molar-refractivity contribution in [2.75, 3.05) is 5.75 Å². The van der Waals surface area contributed by atoms with Crippen molar-refractivity contribution in [2.45, 2.75) is 11.8 Å². The third-order valence-electron chi connectivity index (χ3n) is 4.12. The second kappa shape index (κ2) is 7.47. The highest BCUT2D eigenvalue weighted by Crippen LogP contribution is 2.34. The summed E-state index contributed by atoms with van der Waals surface area (Å²) >= 11 is 6.09. The fourth-order valence-electron chi connectivity index (χ4n) is 2.63. The molecule has 0 aliphatic rings. The molecule has 136 valence electrons. The lowest BCUT2D eigenvalue weighted by Gasteiger charge is -2.12. The van der Waals surface area contributed by atoms with E-state index in [1.165, 1.54) is 24.3 Å². The summed E-state index contributed by atoms with van der Waals surface area (Å²) < 4.78 is 37.3. The van der Waals surface area contributed by atoms with Crippen LogP contribution < -0.4 is 0 Å². The van der Waals surface area contributed by atoms with Crippen molar-refractivity contribution in [1.82, 2.24) is 4.98 Å². The fraction of sp³-hybridized carbons (Fsp3) is 0.100. The molecule has 7 heteroatoms. The van der Waals surface area contributed by atoms with E-state index in [2.05, 4.69) is 4.98 Å². The van der Waals surface area contributed by atoms with E-state index in [1.807, 2.05) is 6.07 Å². The minimum atomic E-state index is -3.31. The quantitative estimate of drug-likeness (QED) is 0.585. The maximum Gasteiger partial charge on any atom is 0.178 e. The molecule has 0 saturated heterocycles. The van der Waals surface area contributed by atoms with Crippen molar-refractivity contribution in [1.29, 1.82) is 5.26 Å². The highest BCUT2D eigenvalue weighted by atomic mass is 35.5. The van der Waals surface area contributed by atoms with Crippen molar-refractivity contribution >= 4 is 21.4 Å². The lowest BCUT2D eigenvalue weighted by molar-refractivity contribution is 0.597. The summed E-state index contributed by atoms with van der Waals surface area (Å²) in [5.41, 5.74) is 2.57. The van der Waals surface area contributed by atoms with Crippen LogP contribution in [0.15, 0.2) is 59.5 Å². The van der Waals surface area contributed by atoms with Crippen LogP contribution in [0, 0.1) is 17.1 Å². The number of hydrogen-bond acceptors (Lipinski definition) is 4. The highest BCUT2D eigenvalue weighted by Gasteiger charge is 2.16. The van der Waals surface area contributed by atoms with Crippen LogP contribution in [0.1, 0.15) is 12.5 Å². The van der Waals surface area contributed by atoms with Gasteiger partial charge in [-0.25, -0.2) is 17.8 Å².